The summed E-state index contributed by atoms with van der Waals surface area (Å²) in [4.78, 5) is 15.6. The molecule has 3 aromatic carbocycles. The Labute approximate surface area is 144 Å². The zero-order valence-electron chi connectivity index (χ0n) is 13.6. The zero-order valence-corrected chi connectivity index (χ0v) is 13.6. The van der Waals surface area contributed by atoms with Crippen molar-refractivity contribution in [3.63, 3.8) is 0 Å². The molecular formula is C20H15N3O2. The number of nitro benzene ring substituents is 1. The second-order valence-electron chi connectivity index (χ2n) is 5.83. The molecule has 0 amide bonds. The molecule has 0 N–H and O–H groups in total. The highest BCUT2D eigenvalue weighted by Gasteiger charge is 2.15. The molecule has 0 atom stereocenters. The van der Waals surface area contributed by atoms with E-state index in [1.54, 1.807) is 12.1 Å². The van der Waals surface area contributed by atoms with Gasteiger partial charge in [0, 0.05) is 18.7 Å². The molecule has 0 aliphatic heterocycles. The molecule has 0 fully saturated rings. The minimum atomic E-state index is -0.352. The Morgan fingerprint density at radius 3 is 2.24 bits per heavy atom. The van der Waals surface area contributed by atoms with Gasteiger partial charge in [-0.05, 0) is 23.8 Å². The molecule has 0 saturated carbocycles. The average Bonchev–Trinajstić information content (AvgIpc) is 2.99. The maximum absolute atomic E-state index is 11.2. The Hall–Kier alpha value is -3.47. The fourth-order valence-corrected chi connectivity index (χ4v) is 3.08. The van der Waals surface area contributed by atoms with Crippen molar-refractivity contribution in [1.82, 2.24) is 9.55 Å². The van der Waals surface area contributed by atoms with E-state index in [2.05, 4.69) is 9.55 Å². The lowest BCUT2D eigenvalue weighted by Gasteiger charge is -2.06. The summed E-state index contributed by atoms with van der Waals surface area (Å²) in [5.74, 6) is 0.871. The lowest BCUT2D eigenvalue weighted by molar-refractivity contribution is -0.384. The number of nitro groups is 1. The monoisotopic (exact) mass is 329 g/mol. The van der Waals surface area contributed by atoms with Gasteiger partial charge in [0.1, 0.15) is 5.82 Å². The number of rotatable bonds is 3. The third kappa shape index (κ3) is 2.55. The summed E-state index contributed by atoms with van der Waals surface area (Å²) in [5.41, 5.74) is 4.53. The standard InChI is InChI=1S/C20H15N3O2/c1-22-19-9-5-3-7-17(19)21-20(22)15-12-10-14(11-13-15)16-6-2-4-8-18(16)23(24)25/h2-13H,1H3. The number of nitrogens with zero attached hydrogens (tertiary/aromatic N) is 3. The number of fused-ring (bicyclic) bond motifs is 1. The minimum absolute atomic E-state index is 0.109. The van der Waals surface area contributed by atoms with Crippen LogP contribution in [-0.2, 0) is 7.05 Å². The smallest absolute Gasteiger partial charge is 0.277 e. The van der Waals surface area contributed by atoms with Crippen molar-refractivity contribution in [3.05, 3.63) is 82.9 Å². The number of aromatic nitrogens is 2. The van der Waals surface area contributed by atoms with Crippen LogP contribution in [-0.4, -0.2) is 14.5 Å². The van der Waals surface area contributed by atoms with Gasteiger partial charge >= 0.3 is 0 Å². The van der Waals surface area contributed by atoms with Crippen molar-refractivity contribution in [2.24, 2.45) is 7.05 Å². The topological polar surface area (TPSA) is 61.0 Å². The van der Waals surface area contributed by atoms with E-state index in [-0.39, 0.29) is 10.6 Å². The Bertz CT molecular complexity index is 1080. The molecule has 0 saturated heterocycles. The fraction of sp³-hybridized carbons (Fsp3) is 0.0500. The summed E-state index contributed by atoms with van der Waals surface area (Å²) in [6.45, 7) is 0. The lowest BCUT2D eigenvalue weighted by Crippen LogP contribution is -1.93. The van der Waals surface area contributed by atoms with Crippen LogP contribution >= 0.6 is 0 Å². The van der Waals surface area contributed by atoms with E-state index in [4.69, 9.17) is 0 Å². The van der Waals surface area contributed by atoms with Crippen LogP contribution in [0.1, 0.15) is 0 Å². The van der Waals surface area contributed by atoms with Crippen LogP contribution in [0.15, 0.2) is 72.8 Å². The molecule has 0 bridgehead atoms. The van der Waals surface area contributed by atoms with E-state index in [0.29, 0.717) is 5.56 Å². The molecule has 1 heterocycles. The van der Waals surface area contributed by atoms with E-state index in [0.717, 1.165) is 28.0 Å². The van der Waals surface area contributed by atoms with Crippen molar-refractivity contribution >= 4 is 16.7 Å². The van der Waals surface area contributed by atoms with Gasteiger partial charge in [-0.25, -0.2) is 4.98 Å². The Kier molecular flexibility index (Phi) is 3.54. The second-order valence-corrected chi connectivity index (χ2v) is 5.83. The van der Waals surface area contributed by atoms with Crippen LogP contribution in [0.3, 0.4) is 0 Å². The van der Waals surface area contributed by atoms with Crippen molar-refractivity contribution in [2.45, 2.75) is 0 Å². The van der Waals surface area contributed by atoms with Gasteiger partial charge in [-0.1, -0.05) is 48.5 Å². The van der Waals surface area contributed by atoms with E-state index >= 15 is 0 Å². The zero-order chi connectivity index (χ0) is 17.4. The Morgan fingerprint density at radius 1 is 0.880 bits per heavy atom. The number of benzene rings is 3. The van der Waals surface area contributed by atoms with Crippen LogP contribution in [0.25, 0.3) is 33.5 Å². The van der Waals surface area contributed by atoms with E-state index in [1.165, 1.54) is 6.07 Å². The average molecular weight is 329 g/mol. The third-order valence-corrected chi connectivity index (χ3v) is 4.34. The first-order valence-electron chi connectivity index (χ1n) is 7.91. The molecule has 5 heteroatoms. The molecule has 122 valence electrons. The highest BCUT2D eigenvalue weighted by atomic mass is 16.6. The van der Waals surface area contributed by atoms with Crippen molar-refractivity contribution in [3.8, 4) is 22.5 Å². The number of hydrogen-bond donors (Lipinski definition) is 0. The van der Waals surface area contributed by atoms with Gasteiger partial charge in [0.15, 0.2) is 0 Å². The quantitative estimate of drug-likeness (QED) is 0.400. The molecule has 25 heavy (non-hydrogen) atoms. The molecular weight excluding hydrogens is 314 g/mol. The lowest BCUT2D eigenvalue weighted by atomic mass is 10.0. The summed E-state index contributed by atoms with van der Waals surface area (Å²) in [5, 5.41) is 11.2. The van der Waals surface area contributed by atoms with Gasteiger partial charge in [0.2, 0.25) is 0 Å². The molecule has 1 aromatic heterocycles. The summed E-state index contributed by atoms with van der Waals surface area (Å²) >= 11 is 0. The fourth-order valence-electron chi connectivity index (χ4n) is 3.08. The van der Waals surface area contributed by atoms with Gasteiger partial charge in [-0.15, -0.1) is 0 Å². The molecule has 5 nitrogen and oxygen atoms in total. The maximum Gasteiger partial charge on any atom is 0.277 e. The number of hydrogen-bond acceptors (Lipinski definition) is 3. The molecule has 0 aliphatic rings. The van der Waals surface area contributed by atoms with Gasteiger partial charge in [0.25, 0.3) is 5.69 Å². The van der Waals surface area contributed by atoms with Crippen LogP contribution in [0.2, 0.25) is 0 Å². The first-order valence-corrected chi connectivity index (χ1v) is 7.91. The summed E-state index contributed by atoms with van der Waals surface area (Å²) in [6.07, 6.45) is 0. The van der Waals surface area contributed by atoms with E-state index in [1.807, 2.05) is 61.6 Å². The minimum Gasteiger partial charge on any atom is -0.327 e. The highest BCUT2D eigenvalue weighted by Crippen LogP contribution is 2.31. The van der Waals surface area contributed by atoms with Gasteiger partial charge in [-0.2, -0.15) is 0 Å². The predicted octanol–water partition coefficient (Wildman–Crippen LogP) is 4.82. The summed E-state index contributed by atoms with van der Waals surface area (Å²) < 4.78 is 2.05. The first kappa shape index (κ1) is 15.1. The van der Waals surface area contributed by atoms with Crippen molar-refractivity contribution in [2.75, 3.05) is 0 Å². The summed E-state index contributed by atoms with van der Waals surface area (Å²) in [6, 6.07) is 22.5. The van der Waals surface area contributed by atoms with Crippen LogP contribution < -0.4 is 0 Å². The SMILES string of the molecule is Cn1c(-c2ccc(-c3ccccc3[N+](=O)[O-])cc2)nc2ccccc21. The molecule has 0 unspecified atom stereocenters. The van der Waals surface area contributed by atoms with Gasteiger partial charge < -0.3 is 4.57 Å². The van der Waals surface area contributed by atoms with Crippen molar-refractivity contribution in [1.29, 1.82) is 0 Å². The third-order valence-electron chi connectivity index (χ3n) is 4.34. The van der Waals surface area contributed by atoms with E-state index in [9.17, 15) is 10.1 Å². The van der Waals surface area contributed by atoms with Crippen LogP contribution in [0.5, 0.6) is 0 Å². The molecule has 4 rings (SSSR count). The second kappa shape index (κ2) is 5.87. The maximum atomic E-state index is 11.2. The molecule has 4 aromatic rings. The van der Waals surface area contributed by atoms with Gasteiger partial charge in [-0.3, -0.25) is 10.1 Å². The predicted molar refractivity (Wildman–Crippen MR) is 98.2 cm³/mol. The van der Waals surface area contributed by atoms with Crippen LogP contribution in [0, 0.1) is 10.1 Å². The van der Waals surface area contributed by atoms with Gasteiger partial charge in [0.05, 0.1) is 21.5 Å². The molecule has 0 aliphatic carbocycles. The molecule has 0 spiro atoms. The molecule has 0 radical (unpaired) electrons. The van der Waals surface area contributed by atoms with Crippen molar-refractivity contribution < 1.29 is 4.92 Å². The normalized spacial score (nSPS) is 10.9. The Balaban J connectivity index is 1.78. The number of imidazole rings is 1. The summed E-state index contributed by atoms with van der Waals surface area (Å²) in [7, 11) is 1.99. The Morgan fingerprint density at radius 2 is 1.52 bits per heavy atom. The highest BCUT2D eigenvalue weighted by molar-refractivity contribution is 5.81. The van der Waals surface area contributed by atoms with E-state index < -0.39 is 0 Å². The van der Waals surface area contributed by atoms with Crippen LogP contribution in [0.4, 0.5) is 5.69 Å². The largest absolute Gasteiger partial charge is 0.327 e. The number of aryl methyl sites for hydroxylation is 1. The number of para-hydroxylation sites is 3. The first-order chi connectivity index (χ1) is 12.1.